The Bertz CT molecular complexity index is 1010. The van der Waals surface area contributed by atoms with Crippen LogP contribution in [0.5, 0.6) is 0 Å². The molecule has 2 aromatic rings. The number of carbonyl (C=O) groups excluding carboxylic acids is 1. The van der Waals surface area contributed by atoms with Crippen LogP contribution in [0, 0.1) is 5.41 Å². The molecule has 1 spiro atoms. The molecule has 0 atom stereocenters. The lowest BCUT2D eigenvalue weighted by Gasteiger charge is -2.33. The van der Waals surface area contributed by atoms with Crippen molar-refractivity contribution < 1.29 is 4.79 Å². The van der Waals surface area contributed by atoms with E-state index in [1.807, 2.05) is 36.4 Å². The van der Waals surface area contributed by atoms with Crippen LogP contribution >= 0.6 is 47.2 Å². The van der Waals surface area contributed by atoms with E-state index in [1.54, 1.807) is 24.3 Å². The summed E-state index contributed by atoms with van der Waals surface area (Å²) in [5, 5.41) is 3.95. The van der Waals surface area contributed by atoms with Gasteiger partial charge in [0.25, 0.3) is 0 Å². The number of benzene rings is 2. The van der Waals surface area contributed by atoms with Crippen LogP contribution in [0.4, 0.5) is 0 Å². The molecule has 0 saturated heterocycles. The Labute approximate surface area is 181 Å². The maximum Gasteiger partial charge on any atom is 0.247 e. The molecule has 8 heteroatoms. The zero-order valence-electron chi connectivity index (χ0n) is 14.3. The molecular weight excluding hydrogens is 433 g/mol. The van der Waals surface area contributed by atoms with Gasteiger partial charge in [0.1, 0.15) is 11.3 Å². The smallest absolute Gasteiger partial charge is 0.247 e. The van der Waals surface area contributed by atoms with Crippen molar-refractivity contribution >= 4 is 73.8 Å². The van der Waals surface area contributed by atoms with Crippen molar-refractivity contribution in [3.05, 3.63) is 81.9 Å². The average molecular weight is 446 g/mol. The third kappa shape index (κ3) is 3.49. The van der Waals surface area contributed by atoms with Gasteiger partial charge in [-0.2, -0.15) is 0 Å². The van der Waals surface area contributed by atoms with Gasteiger partial charge in [-0.25, -0.2) is 4.99 Å². The van der Waals surface area contributed by atoms with Crippen LogP contribution in [0.15, 0.2) is 65.7 Å². The molecule has 4 rings (SSSR count). The quantitative estimate of drug-likeness (QED) is 0.646. The number of hydrogen-bond donors (Lipinski definition) is 2. The van der Waals surface area contributed by atoms with Crippen molar-refractivity contribution in [2.24, 2.45) is 16.1 Å². The Morgan fingerprint density at radius 2 is 1.39 bits per heavy atom. The monoisotopic (exact) mass is 445 g/mol. The number of carbonyl (C=O) groups is 1. The van der Waals surface area contributed by atoms with E-state index in [1.165, 1.54) is 11.8 Å². The van der Waals surface area contributed by atoms with Crippen molar-refractivity contribution in [2.75, 3.05) is 0 Å². The lowest BCUT2D eigenvalue weighted by atomic mass is 9.82. The number of thioether (sulfide) groups is 1. The van der Waals surface area contributed by atoms with Gasteiger partial charge < -0.3 is 5.73 Å². The lowest BCUT2D eigenvalue weighted by Crippen LogP contribution is -2.53. The molecule has 140 valence electrons. The van der Waals surface area contributed by atoms with Crippen LogP contribution in [0.25, 0.3) is 9.81 Å². The molecule has 0 radical (unpaired) electrons. The minimum Gasteiger partial charge on any atom is -0.386 e. The molecule has 2 aromatic carbocycles. The number of amidine groups is 1. The summed E-state index contributed by atoms with van der Waals surface area (Å²) in [6.07, 6.45) is 3.63. The Hall–Kier alpha value is -2.12. The fourth-order valence-electron chi connectivity index (χ4n) is 2.97. The molecule has 0 aromatic heterocycles. The van der Waals surface area contributed by atoms with E-state index in [9.17, 15) is 4.79 Å². The molecule has 0 unspecified atom stereocenters. The first-order chi connectivity index (χ1) is 13.4. The first kappa shape index (κ1) is 19.2. The molecule has 0 aliphatic carbocycles. The fourth-order valence-corrected chi connectivity index (χ4v) is 4.65. The number of thiocarbonyl (C=S) groups is 1. The second kappa shape index (κ2) is 7.37. The standard InChI is InChI=1S/C20H13Cl2N3OS2/c21-13-5-1-11(2-6-13)15-9-20(17(23)24-19(27)25-18(20)26)10-16(28-15)12-3-7-14(22)8-4-12/h1-10H,(H3,23,24,25,26,27). The summed E-state index contributed by atoms with van der Waals surface area (Å²) >= 11 is 18.6. The first-order valence-corrected chi connectivity index (χ1v) is 10.2. The molecule has 0 bridgehead atoms. The third-order valence-electron chi connectivity index (χ3n) is 4.44. The minimum atomic E-state index is -1.22. The van der Waals surface area contributed by atoms with Crippen molar-refractivity contribution in [3.8, 4) is 0 Å². The van der Waals surface area contributed by atoms with E-state index in [4.69, 9.17) is 41.2 Å². The summed E-state index contributed by atoms with van der Waals surface area (Å²) in [6, 6.07) is 14.8. The number of nitrogens with one attached hydrogen (secondary N) is 1. The topological polar surface area (TPSA) is 67.5 Å². The lowest BCUT2D eigenvalue weighted by molar-refractivity contribution is -0.122. The van der Waals surface area contributed by atoms with Crippen LogP contribution in [-0.2, 0) is 4.79 Å². The Morgan fingerprint density at radius 3 is 1.82 bits per heavy atom. The molecule has 2 heterocycles. The zero-order valence-corrected chi connectivity index (χ0v) is 17.4. The number of aliphatic imine (C=N–C) groups is 1. The van der Waals surface area contributed by atoms with Gasteiger partial charge in [0.2, 0.25) is 11.0 Å². The van der Waals surface area contributed by atoms with Gasteiger partial charge >= 0.3 is 0 Å². The number of rotatable bonds is 2. The summed E-state index contributed by atoms with van der Waals surface area (Å²) in [5.74, 6) is -0.192. The van der Waals surface area contributed by atoms with Crippen molar-refractivity contribution in [1.82, 2.24) is 5.32 Å². The maximum absolute atomic E-state index is 13.0. The molecule has 28 heavy (non-hydrogen) atoms. The predicted octanol–water partition coefficient (Wildman–Crippen LogP) is 4.88. The highest BCUT2D eigenvalue weighted by Crippen LogP contribution is 2.48. The molecule has 2 aliphatic heterocycles. The largest absolute Gasteiger partial charge is 0.386 e. The van der Waals surface area contributed by atoms with Gasteiger partial charge in [-0.15, -0.1) is 0 Å². The van der Waals surface area contributed by atoms with Gasteiger partial charge in [-0.3, -0.25) is 10.1 Å². The van der Waals surface area contributed by atoms with Gasteiger partial charge in [-0.1, -0.05) is 59.2 Å². The number of nitrogens with zero attached hydrogens (tertiary/aromatic N) is 1. The van der Waals surface area contributed by atoms with E-state index >= 15 is 0 Å². The number of amides is 1. The van der Waals surface area contributed by atoms with Crippen LogP contribution in [-0.4, -0.2) is 16.9 Å². The van der Waals surface area contributed by atoms with Crippen LogP contribution in [0.1, 0.15) is 11.1 Å². The van der Waals surface area contributed by atoms with Crippen LogP contribution < -0.4 is 11.1 Å². The Kier molecular flexibility index (Phi) is 5.05. The Morgan fingerprint density at radius 1 is 0.929 bits per heavy atom. The van der Waals surface area contributed by atoms with Crippen molar-refractivity contribution in [1.29, 1.82) is 0 Å². The van der Waals surface area contributed by atoms with Gasteiger partial charge in [0.15, 0.2) is 0 Å². The highest BCUT2D eigenvalue weighted by molar-refractivity contribution is 8.16. The van der Waals surface area contributed by atoms with Gasteiger partial charge in [-0.05, 0) is 59.8 Å². The molecule has 3 N–H and O–H groups in total. The van der Waals surface area contributed by atoms with Gasteiger partial charge in [0.05, 0.1) is 0 Å². The SMILES string of the molecule is NC1=NC(=S)NC(=O)C12C=C(c1ccc(Cl)cc1)SC(c1ccc(Cl)cc1)=C2. The van der Waals surface area contributed by atoms with E-state index in [0.29, 0.717) is 10.0 Å². The Balaban J connectivity index is 1.89. The van der Waals surface area contributed by atoms with Crippen molar-refractivity contribution in [2.45, 2.75) is 0 Å². The second-order valence-electron chi connectivity index (χ2n) is 6.26. The van der Waals surface area contributed by atoms with E-state index in [0.717, 1.165) is 20.9 Å². The summed E-state index contributed by atoms with van der Waals surface area (Å²) in [4.78, 5) is 18.8. The van der Waals surface area contributed by atoms with E-state index in [2.05, 4.69) is 10.3 Å². The average Bonchev–Trinajstić information content (AvgIpc) is 2.67. The minimum absolute atomic E-state index is 0.0641. The van der Waals surface area contributed by atoms with E-state index in [-0.39, 0.29) is 16.9 Å². The highest BCUT2D eigenvalue weighted by Gasteiger charge is 2.45. The third-order valence-corrected chi connectivity index (χ3v) is 6.28. The van der Waals surface area contributed by atoms with Crippen LogP contribution in [0.3, 0.4) is 0 Å². The number of halogens is 2. The molecule has 2 aliphatic rings. The molecular formula is C20H13Cl2N3OS2. The normalized spacial score (nSPS) is 18.3. The molecule has 0 saturated carbocycles. The number of hydrogen-bond acceptors (Lipinski definition) is 4. The number of nitrogens with two attached hydrogens (primary N) is 1. The highest BCUT2D eigenvalue weighted by atomic mass is 35.5. The van der Waals surface area contributed by atoms with E-state index < -0.39 is 5.41 Å². The first-order valence-electron chi connectivity index (χ1n) is 8.23. The predicted molar refractivity (Wildman–Crippen MR) is 121 cm³/mol. The summed E-state index contributed by atoms with van der Waals surface area (Å²) in [7, 11) is 0. The summed E-state index contributed by atoms with van der Waals surface area (Å²) < 4.78 is 0. The van der Waals surface area contributed by atoms with Crippen LogP contribution in [0.2, 0.25) is 10.0 Å². The summed E-state index contributed by atoms with van der Waals surface area (Å²) in [6.45, 7) is 0. The second-order valence-corrected chi connectivity index (χ2v) is 8.60. The fraction of sp³-hybridized carbons (Fsp3) is 0.0500. The molecule has 1 amide bonds. The molecule has 4 nitrogen and oxygen atoms in total. The van der Waals surface area contributed by atoms with Crippen molar-refractivity contribution in [3.63, 3.8) is 0 Å². The maximum atomic E-state index is 13.0. The zero-order chi connectivity index (χ0) is 19.9. The summed E-state index contributed by atoms with van der Waals surface area (Å²) in [5.41, 5.74) is 6.83. The van der Waals surface area contributed by atoms with Gasteiger partial charge in [0, 0.05) is 19.9 Å². The molecule has 0 fully saturated rings.